The molecule has 0 saturated heterocycles. The third-order valence-corrected chi connectivity index (χ3v) is 3.97. The molecule has 1 aromatic carbocycles. The van der Waals surface area contributed by atoms with E-state index in [2.05, 4.69) is 4.74 Å². The van der Waals surface area contributed by atoms with E-state index in [9.17, 15) is 18.0 Å². The molecule has 0 atom stereocenters. The zero-order valence-corrected chi connectivity index (χ0v) is 11.4. The molecule has 0 amide bonds. The van der Waals surface area contributed by atoms with E-state index in [1.165, 1.54) is 6.07 Å². The molecule has 0 saturated carbocycles. The largest absolute Gasteiger partial charge is 0.461 e. The third-order valence-electron chi connectivity index (χ3n) is 3.03. The van der Waals surface area contributed by atoms with Gasteiger partial charge in [-0.15, -0.1) is 0 Å². The molecule has 0 aromatic heterocycles. The summed E-state index contributed by atoms with van der Waals surface area (Å²) in [7, 11) is -3.28. The van der Waals surface area contributed by atoms with Gasteiger partial charge in [0, 0.05) is 0 Å². The average molecular weight is 300 g/mol. The number of hydrogen-bond donors (Lipinski definition) is 1. The lowest BCUT2D eigenvalue weighted by Gasteiger charge is -2.11. The monoisotopic (exact) mass is 300 g/mol. The number of ether oxygens (including phenoxy) is 2. The Morgan fingerprint density at radius 3 is 2.40 bits per heavy atom. The smallest absolute Gasteiger partial charge is 0.422 e. The van der Waals surface area contributed by atoms with Crippen LogP contribution in [0.15, 0.2) is 17.0 Å². The first kappa shape index (κ1) is 14.5. The summed E-state index contributed by atoms with van der Waals surface area (Å²) in [5, 5.41) is 0. The highest BCUT2D eigenvalue weighted by Crippen LogP contribution is 2.35. The maximum Gasteiger partial charge on any atom is 0.422 e. The molecule has 1 aliphatic rings. The number of methoxy groups -OCH3 is 1. The van der Waals surface area contributed by atoms with E-state index in [1.807, 2.05) is 0 Å². The Labute approximate surface area is 115 Å². The maximum absolute atomic E-state index is 11.4. The van der Waals surface area contributed by atoms with Crippen molar-refractivity contribution in [2.75, 3.05) is 7.11 Å². The molecule has 0 bridgehead atoms. The number of rotatable bonds is 2. The Hall–Kier alpha value is -1.93. The molecule has 0 heterocycles. The standard InChI is InChI=1S/C12H12O7S/c1-18-11(13)12(14)19-9-5-6-10(20(15,16)17)8-4-2-3-7(8)9/h5-6H,2-4H2,1H3,(H,15,16,17). The molecule has 0 spiro atoms. The van der Waals surface area contributed by atoms with Crippen molar-refractivity contribution in [3.05, 3.63) is 23.3 Å². The van der Waals surface area contributed by atoms with E-state index in [-0.39, 0.29) is 10.6 Å². The lowest BCUT2D eigenvalue weighted by atomic mass is 10.1. The van der Waals surface area contributed by atoms with Gasteiger partial charge >= 0.3 is 11.9 Å². The Kier molecular flexibility index (Phi) is 3.78. The molecule has 0 radical (unpaired) electrons. The van der Waals surface area contributed by atoms with Gasteiger partial charge in [0.2, 0.25) is 0 Å². The number of benzene rings is 1. The van der Waals surface area contributed by atoms with Crippen LogP contribution < -0.4 is 4.74 Å². The predicted octanol–water partition coefficient (Wildman–Crippen LogP) is 0.500. The van der Waals surface area contributed by atoms with Gasteiger partial charge < -0.3 is 9.47 Å². The summed E-state index contributed by atoms with van der Waals surface area (Å²) in [6.45, 7) is 0. The highest BCUT2D eigenvalue weighted by atomic mass is 32.2. The summed E-state index contributed by atoms with van der Waals surface area (Å²) in [4.78, 5) is 22.2. The van der Waals surface area contributed by atoms with Crippen molar-refractivity contribution in [3.8, 4) is 5.75 Å². The molecular weight excluding hydrogens is 288 g/mol. The van der Waals surface area contributed by atoms with Crippen LogP contribution in [0, 0.1) is 0 Å². The SMILES string of the molecule is COC(=O)C(=O)Oc1ccc(S(=O)(=O)O)c2c1CCC2. The fraction of sp³-hybridized carbons (Fsp3) is 0.333. The molecule has 7 nitrogen and oxygen atoms in total. The van der Waals surface area contributed by atoms with Crippen LogP contribution in [0.4, 0.5) is 0 Å². The van der Waals surface area contributed by atoms with Crippen LogP contribution in [0.2, 0.25) is 0 Å². The van der Waals surface area contributed by atoms with E-state index >= 15 is 0 Å². The second-order valence-corrected chi connectivity index (χ2v) is 5.62. The molecule has 1 aliphatic carbocycles. The second-order valence-electron chi connectivity index (χ2n) is 4.23. The minimum atomic E-state index is -4.33. The van der Waals surface area contributed by atoms with Crippen molar-refractivity contribution in [1.82, 2.24) is 0 Å². The van der Waals surface area contributed by atoms with E-state index < -0.39 is 22.1 Å². The average Bonchev–Trinajstić information content (AvgIpc) is 2.85. The van der Waals surface area contributed by atoms with Crippen LogP contribution >= 0.6 is 0 Å². The van der Waals surface area contributed by atoms with Crippen molar-refractivity contribution < 1.29 is 32.0 Å². The van der Waals surface area contributed by atoms with Crippen LogP contribution in [0.1, 0.15) is 17.5 Å². The van der Waals surface area contributed by atoms with Crippen LogP contribution in [-0.4, -0.2) is 32.0 Å². The molecule has 1 N–H and O–H groups in total. The Morgan fingerprint density at radius 1 is 1.15 bits per heavy atom. The topological polar surface area (TPSA) is 107 Å². The second kappa shape index (κ2) is 5.22. The minimum Gasteiger partial charge on any atom is -0.461 e. The zero-order valence-electron chi connectivity index (χ0n) is 10.6. The summed E-state index contributed by atoms with van der Waals surface area (Å²) in [6, 6.07) is 2.40. The predicted molar refractivity (Wildman–Crippen MR) is 65.9 cm³/mol. The third kappa shape index (κ3) is 2.66. The lowest BCUT2D eigenvalue weighted by molar-refractivity contribution is -0.160. The van der Waals surface area contributed by atoms with Crippen LogP contribution in [0.25, 0.3) is 0 Å². The van der Waals surface area contributed by atoms with E-state index in [4.69, 9.17) is 9.29 Å². The number of carbonyl (C=O) groups excluding carboxylic acids is 2. The normalized spacial score (nSPS) is 13.7. The molecule has 20 heavy (non-hydrogen) atoms. The first-order valence-electron chi connectivity index (χ1n) is 5.77. The van der Waals surface area contributed by atoms with Gasteiger partial charge in [-0.1, -0.05) is 0 Å². The lowest BCUT2D eigenvalue weighted by Crippen LogP contribution is -2.22. The Morgan fingerprint density at radius 2 is 1.80 bits per heavy atom. The van der Waals surface area contributed by atoms with Gasteiger partial charge in [0.25, 0.3) is 10.1 Å². The molecule has 1 aromatic rings. The molecular formula is C12H12O7S. The van der Waals surface area contributed by atoms with Gasteiger partial charge in [0.15, 0.2) is 0 Å². The molecule has 2 rings (SSSR count). The van der Waals surface area contributed by atoms with Crippen molar-refractivity contribution in [1.29, 1.82) is 0 Å². The number of carbonyl (C=O) groups is 2. The van der Waals surface area contributed by atoms with Gasteiger partial charge in [0.1, 0.15) is 5.75 Å². The first-order chi connectivity index (χ1) is 9.34. The molecule has 0 aliphatic heterocycles. The summed E-state index contributed by atoms with van der Waals surface area (Å²) < 4.78 is 40.8. The fourth-order valence-electron chi connectivity index (χ4n) is 2.20. The Balaban J connectivity index is 2.41. The van der Waals surface area contributed by atoms with Crippen LogP contribution in [0.3, 0.4) is 0 Å². The quantitative estimate of drug-likeness (QED) is 0.367. The zero-order chi connectivity index (χ0) is 14.9. The number of fused-ring (bicyclic) bond motifs is 1. The van der Waals surface area contributed by atoms with E-state index in [1.54, 1.807) is 0 Å². The molecule has 0 unspecified atom stereocenters. The fourth-order valence-corrected chi connectivity index (χ4v) is 2.98. The molecule has 8 heteroatoms. The highest BCUT2D eigenvalue weighted by molar-refractivity contribution is 7.85. The van der Waals surface area contributed by atoms with Crippen molar-refractivity contribution in [3.63, 3.8) is 0 Å². The Bertz CT molecular complexity index is 675. The summed E-state index contributed by atoms with van der Waals surface area (Å²) in [5.74, 6) is -2.21. The molecule has 0 fully saturated rings. The highest BCUT2D eigenvalue weighted by Gasteiger charge is 2.27. The molecule has 108 valence electrons. The van der Waals surface area contributed by atoms with Crippen molar-refractivity contribution in [2.45, 2.75) is 24.2 Å². The van der Waals surface area contributed by atoms with Gasteiger partial charge in [0.05, 0.1) is 12.0 Å². The summed E-state index contributed by atoms with van der Waals surface area (Å²) >= 11 is 0. The van der Waals surface area contributed by atoms with Crippen LogP contribution in [0.5, 0.6) is 5.75 Å². The van der Waals surface area contributed by atoms with E-state index in [0.717, 1.165) is 13.2 Å². The summed E-state index contributed by atoms with van der Waals surface area (Å²) in [6.07, 6.45) is 1.63. The first-order valence-corrected chi connectivity index (χ1v) is 7.21. The maximum atomic E-state index is 11.4. The number of esters is 2. The van der Waals surface area contributed by atoms with Crippen molar-refractivity contribution in [2.24, 2.45) is 0 Å². The van der Waals surface area contributed by atoms with Gasteiger partial charge in [-0.25, -0.2) is 9.59 Å². The summed E-state index contributed by atoms with van der Waals surface area (Å²) in [5.41, 5.74) is 0.931. The van der Waals surface area contributed by atoms with Crippen molar-refractivity contribution >= 4 is 22.1 Å². The van der Waals surface area contributed by atoms with Gasteiger partial charge in [-0.3, -0.25) is 4.55 Å². The van der Waals surface area contributed by atoms with Gasteiger partial charge in [-0.2, -0.15) is 8.42 Å². The minimum absolute atomic E-state index is 0.111. The van der Waals surface area contributed by atoms with Crippen LogP contribution in [-0.2, 0) is 37.3 Å². The number of hydrogen-bond acceptors (Lipinski definition) is 6. The van der Waals surface area contributed by atoms with Gasteiger partial charge in [-0.05, 0) is 42.5 Å². The van der Waals surface area contributed by atoms with E-state index in [0.29, 0.717) is 30.4 Å².